The molecular formula is C20H28N2O4. The summed E-state index contributed by atoms with van der Waals surface area (Å²) in [5, 5.41) is 12.6. The Hall–Kier alpha value is -2.24. The number of nitrogens with one attached hydrogen (secondary N) is 1. The van der Waals surface area contributed by atoms with E-state index in [2.05, 4.69) is 12.2 Å². The second-order valence-electron chi connectivity index (χ2n) is 7.77. The summed E-state index contributed by atoms with van der Waals surface area (Å²) in [6, 6.07) is 7.82. The normalized spacial score (nSPS) is 25.6. The van der Waals surface area contributed by atoms with Gasteiger partial charge in [-0.2, -0.15) is 0 Å². The number of methoxy groups -OCH3 is 1. The van der Waals surface area contributed by atoms with Crippen molar-refractivity contribution in [1.82, 2.24) is 10.2 Å². The SMILES string of the molecule is COc1ccc(CC(C)CNC(=O)N2C[C@@H]3CCC[C@@]3(C(=O)O)C2)cc1. The molecule has 0 aromatic heterocycles. The van der Waals surface area contributed by atoms with Crippen molar-refractivity contribution >= 4 is 12.0 Å². The lowest BCUT2D eigenvalue weighted by molar-refractivity contribution is -0.149. The van der Waals surface area contributed by atoms with Gasteiger partial charge in [0.25, 0.3) is 0 Å². The first-order valence-corrected chi connectivity index (χ1v) is 9.33. The zero-order valence-electron chi connectivity index (χ0n) is 15.5. The molecule has 0 radical (unpaired) electrons. The summed E-state index contributed by atoms with van der Waals surface area (Å²) >= 11 is 0. The van der Waals surface area contributed by atoms with Gasteiger partial charge in [-0.05, 0) is 48.8 Å². The van der Waals surface area contributed by atoms with Crippen LogP contribution in [0, 0.1) is 17.3 Å². The Morgan fingerprint density at radius 3 is 2.73 bits per heavy atom. The van der Waals surface area contributed by atoms with Gasteiger partial charge < -0.3 is 20.1 Å². The van der Waals surface area contributed by atoms with Gasteiger partial charge in [-0.1, -0.05) is 25.5 Å². The third-order valence-corrected chi connectivity index (χ3v) is 5.93. The number of aliphatic carboxylic acids is 1. The van der Waals surface area contributed by atoms with Gasteiger partial charge in [-0.25, -0.2) is 4.79 Å². The van der Waals surface area contributed by atoms with E-state index >= 15 is 0 Å². The number of carboxylic acid groups (broad SMARTS) is 1. The van der Waals surface area contributed by atoms with Gasteiger partial charge in [0.2, 0.25) is 0 Å². The Kier molecular flexibility index (Phi) is 5.39. The monoisotopic (exact) mass is 360 g/mol. The van der Waals surface area contributed by atoms with Crippen LogP contribution in [-0.4, -0.2) is 48.8 Å². The maximum absolute atomic E-state index is 12.5. The average Bonchev–Trinajstić information content (AvgIpc) is 3.19. The van der Waals surface area contributed by atoms with Gasteiger partial charge in [0.15, 0.2) is 0 Å². The molecule has 1 aromatic carbocycles. The zero-order valence-corrected chi connectivity index (χ0v) is 15.5. The van der Waals surface area contributed by atoms with Gasteiger partial charge in [-0.3, -0.25) is 4.79 Å². The van der Waals surface area contributed by atoms with E-state index in [9.17, 15) is 14.7 Å². The molecule has 26 heavy (non-hydrogen) atoms. The third-order valence-electron chi connectivity index (χ3n) is 5.93. The number of likely N-dealkylation sites (tertiary alicyclic amines) is 1. The Morgan fingerprint density at radius 2 is 2.12 bits per heavy atom. The number of amides is 2. The number of hydrogen-bond donors (Lipinski definition) is 2. The van der Waals surface area contributed by atoms with Crippen LogP contribution >= 0.6 is 0 Å². The maximum atomic E-state index is 12.5. The molecule has 1 aliphatic carbocycles. The predicted molar refractivity (Wildman–Crippen MR) is 98.2 cm³/mol. The topological polar surface area (TPSA) is 78.9 Å². The summed E-state index contributed by atoms with van der Waals surface area (Å²) in [6.07, 6.45) is 3.41. The minimum absolute atomic E-state index is 0.0995. The quantitative estimate of drug-likeness (QED) is 0.818. The van der Waals surface area contributed by atoms with E-state index in [0.717, 1.165) is 25.0 Å². The first-order chi connectivity index (χ1) is 12.4. The van der Waals surface area contributed by atoms with Gasteiger partial charge in [0, 0.05) is 19.6 Å². The fourth-order valence-corrected chi connectivity index (χ4v) is 4.40. The van der Waals surface area contributed by atoms with Crippen LogP contribution in [0.1, 0.15) is 31.7 Å². The third kappa shape index (κ3) is 3.64. The Labute approximate surface area is 154 Å². The van der Waals surface area contributed by atoms with Gasteiger partial charge in [0.1, 0.15) is 5.75 Å². The number of carbonyl (C=O) groups is 2. The first-order valence-electron chi connectivity index (χ1n) is 9.33. The molecule has 142 valence electrons. The highest BCUT2D eigenvalue weighted by molar-refractivity contribution is 5.80. The van der Waals surface area contributed by atoms with Crippen LogP contribution < -0.4 is 10.1 Å². The second-order valence-corrected chi connectivity index (χ2v) is 7.77. The van der Waals surface area contributed by atoms with Gasteiger partial charge >= 0.3 is 12.0 Å². The molecule has 1 heterocycles. The van der Waals surface area contributed by atoms with Gasteiger partial charge in [-0.15, -0.1) is 0 Å². The van der Waals surface area contributed by atoms with Gasteiger partial charge in [0.05, 0.1) is 12.5 Å². The van der Waals surface area contributed by atoms with E-state index in [1.54, 1.807) is 12.0 Å². The number of rotatable bonds is 6. The highest BCUT2D eigenvalue weighted by atomic mass is 16.5. The molecule has 6 heteroatoms. The Bertz CT molecular complexity index is 660. The highest BCUT2D eigenvalue weighted by Gasteiger charge is 2.55. The van der Waals surface area contributed by atoms with E-state index < -0.39 is 11.4 Å². The number of carbonyl (C=O) groups excluding carboxylic acids is 1. The van der Waals surface area contributed by atoms with Crippen LogP contribution in [0.15, 0.2) is 24.3 Å². The predicted octanol–water partition coefficient (Wildman–Crippen LogP) is 2.77. The minimum atomic E-state index is -0.747. The molecule has 1 aliphatic heterocycles. The van der Waals surface area contributed by atoms with Crippen molar-refractivity contribution in [3.8, 4) is 5.75 Å². The van der Waals surface area contributed by atoms with Crippen LogP contribution in [0.3, 0.4) is 0 Å². The summed E-state index contributed by atoms with van der Waals surface area (Å²) in [4.78, 5) is 25.9. The average molecular weight is 360 g/mol. The van der Waals surface area contributed by atoms with Crippen molar-refractivity contribution in [1.29, 1.82) is 0 Å². The number of hydrogen-bond acceptors (Lipinski definition) is 3. The van der Waals surface area contributed by atoms with E-state index in [1.807, 2.05) is 24.3 Å². The summed E-state index contributed by atoms with van der Waals surface area (Å²) in [5.74, 6) is 0.482. The Morgan fingerprint density at radius 1 is 1.38 bits per heavy atom. The zero-order chi connectivity index (χ0) is 18.7. The molecule has 3 rings (SSSR count). The van der Waals surface area contributed by atoms with Crippen LogP contribution in [0.2, 0.25) is 0 Å². The van der Waals surface area contributed by atoms with Crippen molar-refractivity contribution in [2.24, 2.45) is 17.3 Å². The fraction of sp³-hybridized carbons (Fsp3) is 0.600. The molecular weight excluding hydrogens is 332 g/mol. The van der Waals surface area contributed by atoms with Crippen molar-refractivity contribution in [3.05, 3.63) is 29.8 Å². The molecule has 2 fully saturated rings. The summed E-state index contributed by atoms with van der Waals surface area (Å²) in [5.41, 5.74) is 0.486. The van der Waals surface area contributed by atoms with Crippen molar-refractivity contribution in [2.75, 3.05) is 26.7 Å². The van der Waals surface area contributed by atoms with Crippen LogP contribution in [-0.2, 0) is 11.2 Å². The molecule has 6 nitrogen and oxygen atoms in total. The van der Waals surface area contributed by atoms with Crippen molar-refractivity contribution < 1.29 is 19.4 Å². The van der Waals surface area contributed by atoms with Crippen LogP contribution in [0.25, 0.3) is 0 Å². The molecule has 1 unspecified atom stereocenters. The number of benzene rings is 1. The number of nitrogens with zero attached hydrogens (tertiary/aromatic N) is 1. The lowest BCUT2D eigenvalue weighted by atomic mass is 9.81. The molecule has 2 N–H and O–H groups in total. The standard InChI is InChI=1S/C20H28N2O4/c1-14(10-15-5-7-17(26-2)8-6-15)11-21-19(25)22-12-16-4-3-9-20(16,13-22)18(23)24/h5-8,14,16H,3-4,9-13H2,1-2H3,(H,21,25)(H,23,24)/t14?,16-,20+/m0/s1. The minimum Gasteiger partial charge on any atom is -0.497 e. The molecule has 1 aromatic rings. The molecule has 0 spiro atoms. The van der Waals surface area contributed by atoms with Crippen LogP contribution in [0.5, 0.6) is 5.75 Å². The van der Waals surface area contributed by atoms with E-state index in [4.69, 9.17) is 4.74 Å². The smallest absolute Gasteiger partial charge is 0.317 e. The fourth-order valence-electron chi connectivity index (χ4n) is 4.40. The van der Waals surface area contributed by atoms with E-state index in [1.165, 1.54) is 5.56 Å². The maximum Gasteiger partial charge on any atom is 0.317 e. The van der Waals surface area contributed by atoms with Crippen molar-refractivity contribution in [3.63, 3.8) is 0 Å². The van der Waals surface area contributed by atoms with Crippen LogP contribution in [0.4, 0.5) is 4.79 Å². The molecule has 1 saturated carbocycles. The van der Waals surface area contributed by atoms with E-state index in [-0.39, 0.29) is 11.9 Å². The second kappa shape index (κ2) is 7.56. The molecule has 2 aliphatic rings. The largest absolute Gasteiger partial charge is 0.497 e. The summed E-state index contributed by atoms with van der Waals surface area (Å²) in [7, 11) is 1.65. The first kappa shape index (κ1) is 18.5. The summed E-state index contributed by atoms with van der Waals surface area (Å²) in [6.45, 7) is 3.57. The molecule has 3 atom stereocenters. The number of fused-ring (bicyclic) bond motifs is 1. The highest BCUT2D eigenvalue weighted by Crippen LogP contribution is 2.48. The number of urea groups is 1. The number of carboxylic acids is 1. The molecule has 2 amide bonds. The lowest BCUT2D eigenvalue weighted by Crippen LogP contribution is -2.43. The Balaban J connectivity index is 1.48. The van der Waals surface area contributed by atoms with E-state index in [0.29, 0.717) is 32.0 Å². The molecule has 0 bridgehead atoms. The van der Waals surface area contributed by atoms with Crippen molar-refractivity contribution in [2.45, 2.75) is 32.6 Å². The lowest BCUT2D eigenvalue weighted by Gasteiger charge is -2.23. The molecule has 1 saturated heterocycles. The summed E-state index contributed by atoms with van der Waals surface area (Å²) < 4.78 is 5.16. The number of ether oxygens (including phenoxy) is 1.